The van der Waals surface area contributed by atoms with E-state index in [0.29, 0.717) is 17.0 Å². The number of rotatable bonds is 3. The molecular formula is C21H28N2O3. The highest BCUT2D eigenvalue weighted by molar-refractivity contribution is 5.84. The lowest BCUT2D eigenvalue weighted by atomic mass is 9.60. The zero-order chi connectivity index (χ0) is 19.8. The maximum Gasteiger partial charge on any atom is 0.340 e. The Labute approximate surface area is 155 Å². The van der Waals surface area contributed by atoms with Gasteiger partial charge in [-0.2, -0.15) is 10.2 Å². The lowest BCUT2D eigenvalue weighted by molar-refractivity contribution is -0.163. The van der Waals surface area contributed by atoms with Crippen LogP contribution in [0, 0.1) is 16.7 Å². The average molecular weight is 356 g/mol. The second kappa shape index (κ2) is 6.80. The molecule has 1 aliphatic rings. The molecule has 0 saturated heterocycles. The highest BCUT2D eigenvalue weighted by atomic mass is 16.4. The van der Waals surface area contributed by atoms with Crippen molar-refractivity contribution >= 4 is 11.7 Å². The monoisotopic (exact) mass is 356 g/mol. The predicted octanol–water partition coefficient (Wildman–Crippen LogP) is 5.12. The summed E-state index contributed by atoms with van der Waals surface area (Å²) >= 11 is 0. The number of hydrogen-bond acceptors (Lipinski definition) is 4. The van der Waals surface area contributed by atoms with Crippen molar-refractivity contribution in [1.82, 2.24) is 0 Å². The number of nitrogens with zero attached hydrogens (tertiary/aromatic N) is 2. The molecule has 0 saturated carbocycles. The van der Waals surface area contributed by atoms with Crippen LogP contribution in [0.3, 0.4) is 0 Å². The number of allylic oxidation sites excluding steroid dienone is 1. The first-order valence-electron chi connectivity index (χ1n) is 8.74. The van der Waals surface area contributed by atoms with Crippen molar-refractivity contribution < 1.29 is 15.0 Å². The Bertz CT molecular complexity index is 765. The molecule has 2 atom stereocenters. The van der Waals surface area contributed by atoms with E-state index in [4.69, 9.17) is 0 Å². The fraction of sp³-hybridized carbons (Fsp3) is 0.476. The molecule has 2 rings (SSSR count). The molecule has 1 aromatic carbocycles. The zero-order valence-corrected chi connectivity index (χ0v) is 16.3. The van der Waals surface area contributed by atoms with Gasteiger partial charge in [0.1, 0.15) is 0 Å². The van der Waals surface area contributed by atoms with E-state index in [-0.39, 0.29) is 0 Å². The van der Waals surface area contributed by atoms with Gasteiger partial charge in [-0.05, 0) is 40.7 Å². The van der Waals surface area contributed by atoms with Gasteiger partial charge in [0, 0.05) is 5.92 Å². The zero-order valence-electron chi connectivity index (χ0n) is 16.3. The van der Waals surface area contributed by atoms with Gasteiger partial charge < -0.3 is 10.2 Å². The SMILES string of the molecule is CC(C)(C)C1=CC(N=Nc2ccccc2)=CC(C(C)(C)C)C1(O)C(=O)O. The number of carboxylic acids is 1. The van der Waals surface area contributed by atoms with Crippen molar-refractivity contribution in [3.63, 3.8) is 0 Å². The van der Waals surface area contributed by atoms with Gasteiger partial charge in [0.2, 0.25) is 0 Å². The molecule has 26 heavy (non-hydrogen) atoms. The smallest absolute Gasteiger partial charge is 0.340 e. The summed E-state index contributed by atoms with van der Waals surface area (Å²) in [6.07, 6.45) is 3.37. The Morgan fingerprint density at radius 1 is 1.04 bits per heavy atom. The Balaban J connectivity index is 2.59. The molecule has 5 nitrogen and oxygen atoms in total. The number of aliphatic carboxylic acids is 1. The Hall–Kier alpha value is -2.27. The molecule has 0 radical (unpaired) electrons. The summed E-state index contributed by atoms with van der Waals surface area (Å²) in [4.78, 5) is 12.1. The summed E-state index contributed by atoms with van der Waals surface area (Å²) in [5.74, 6) is -1.88. The quantitative estimate of drug-likeness (QED) is 0.738. The van der Waals surface area contributed by atoms with Crippen LogP contribution in [-0.4, -0.2) is 21.8 Å². The molecular weight excluding hydrogens is 328 g/mol. The molecule has 0 aromatic heterocycles. The minimum atomic E-state index is -1.98. The maximum atomic E-state index is 12.1. The Kier molecular flexibility index (Phi) is 5.24. The van der Waals surface area contributed by atoms with Crippen LogP contribution < -0.4 is 0 Å². The van der Waals surface area contributed by atoms with Crippen molar-refractivity contribution in [2.24, 2.45) is 27.0 Å². The van der Waals surface area contributed by atoms with E-state index in [1.807, 2.05) is 71.9 Å². The predicted molar refractivity (Wildman–Crippen MR) is 102 cm³/mol. The molecule has 140 valence electrons. The number of benzene rings is 1. The van der Waals surface area contributed by atoms with E-state index in [2.05, 4.69) is 10.2 Å². The second-order valence-electron chi connectivity index (χ2n) is 8.85. The van der Waals surface area contributed by atoms with E-state index in [1.54, 1.807) is 12.2 Å². The van der Waals surface area contributed by atoms with Crippen LogP contribution in [0.4, 0.5) is 5.69 Å². The summed E-state index contributed by atoms with van der Waals surface area (Å²) in [7, 11) is 0. The Morgan fingerprint density at radius 3 is 2.08 bits per heavy atom. The summed E-state index contributed by atoms with van der Waals surface area (Å²) < 4.78 is 0. The molecule has 1 aliphatic carbocycles. The normalized spacial score (nSPS) is 24.3. The van der Waals surface area contributed by atoms with E-state index < -0.39 is 28.3 Å². The van der Waals surface area contributed by atoms with E-state index >= 15 is 0 Å². The second-order valence-corrected chi connectivity index (χ2v) is 8.85. The van der Waals surface area contributed by atoms with Gasteiger partial charge in [0.15, 0.2) is 5.60 Å². The third kappa shape index (κ3) is 3.93. The van der Waals surface area contributed by atoms with Gasteiger partial charge in [-0.1, -0.05) is 59.7 Å². The highest BCUT2D eigenvalue weighted by Gasteiger charge is 2.55. The Morgan fingerprint density at radius 2 is 1.62 bits per heavy atom. The summed E-state index contributed by atoms with van der Waals surface area (Å²) in [5.41, 5.74) is -1.30. The number of hydrogen-bond donors (Lipinski definition) is 2. The van der Waals surface area contributed by atoms with Crippen LogP contribution in [0.25, 0.3) is 0 Å². The van der Waals surface area contributed by atoms with Gasteiger partial charge in [-0.15, -0.1) is 0 Å². The summed E-state index contributed by atoms with van der Waals surface area (Å²) in [5, 5.41) is 29.7. The molecule has 0 bridgehead atoms. The minimum Gasteiger partial charge on any atom is -0.479 e. The lowest BCUT2D eigenvalue weighted by Gasteiger charge is -2.46. The number of carbonyl (C=O) groups is 1. The number of carboxylic acid groups (broad SMARTS) is 1. The van der Waals surface area contributed by atoms with E-state index in [0.717, 1.165) is 0 Å². The first kappa shape index (κ1) is 20.0. The largest absolute Gasteiger partial charge is 0.479 e. The van der Waals surface area contributed by atoms with Gasteiger partial charge >= 0.3 is 5.97 Å². The molecule has 0 amide bonds. The average Bonchev–Trinajstić information content (AvgIpc) is 2.52. The molecule has 2 unspecified atom stereocenters. The standard InChI is InChI=1S/C21H28N2O3/c1-19(2,3)16-12-15(23-22-14-10-8-7-9-11-14)13-17(20(4,5)6)21(16,26)18(24)25/h7-13,16,26H,1-6H3,(H,24,25). The first-order chi connectivity index (χ1) is 11.9. The lowest BCUT2D eigenvalue weighted by Crippen LogP contribution is -2.55. The van der Waals surface area contributed by atoms with Crippen LogP contribution in [0.5, 0.6) is 0 Å². The fourth-order valence-electron chi connectivity index (χ4n) is 3.35. The highest BCUT2D eigenvalue weighted by Crippen LogP contribution is 2.49. The molecule has 0 heterocycles. The fourth-order valence-corrected chi connectivity index (χ4v) is 3.35. The van der Waals surface area contributed by atoms with Gasteiger partial charge in [0.25, 0.3) is 0 Å². The molecule has 2 N–H and O–H groups in total. The molecule has 0 aliphatic heterocycles. The van der Waals surface area contributed by atoms with Crippen LogP contribution in [-0.2, 0) is 4.79 Å². The summed E-state index contributed by atoms with van der Waals surface area (Å²) in [6.45, 7) is 11.4. The molecule has 0 fully saturated rings. The van der Waals surface area contributed by atoms with Crippen molar-refractivity contribution in [2.75, 3.05) is 0 Å². The van der Waals surface area contributed by atoms with Crippen molar-refractivity contribution in [1.29, 1.82) is 0 Å². The third-order valence-electron chi connectivity index (χ3n) is 4.59. The first-order valence-corrected chi connectivity index (χ1v) is 8.74. The molecule has 1 aromatic rings. The van der Waals surface area contributed by atoms with Crippen molar-refractivity contribution in [3.8, 4) is 0 Å². The van der Waals surface area contributed by atoms with E-state index in [9.17, 15) is 15.0 Å². The third-order valence-corrected chi connectivity index (χ3v) is 4.59. The van der Waals surface area contributed by atoms with Gasteiger partial charge in [-0.25, -0.2) is 4.79 Å². The topological polar surface area (TPSA) is 82.2 Å². The minimum absolute atomic E-state index is 0.432. The molecule has 0 spiro atoms. The van der Waals surface area contributed by atoms with Gasteiger partial charge in [-0.3, -0.25) is 0 Å². The van der Waals surface area contributed by atoms with Crippen molar-refractivity contribution in [3.05, 3.63) is 53.8 Å². The van der Waals surface area contributed by atoms with Crippen LogP contribution in [0.15, 0.2) is 64.0 Å². The number of azo groups is 1. The van der Waals surface area contributed by atoms with Crippen LogP contribution >= 0.6 is 0 Å². The van der Waals surface area contributed by atoms with Crippen molar-refractivity contribution in [2.45, 2.75) is 47.1 Å². The van der Waals surface area contributed by atoms with E-state index in [1.165, 1.54) is 0 Å². The maximum absolute atomic E-state index is 12.1. The number of aliphatic hydroxyl groups is 1. The van der Waals surface area contributed by atoms with Crippen LogP contribution in [0.2, 0.25) is 0 Å². The molecule has 5 heteroatoms. The summed E-state index contributed by atoms with van der Waals surface area (Å²) in [6, 6.07) is 9.34. The van der Waals surface area contributed by atoms with Gasteiger partial charge in [0.05, 0.1) is 11.4 Å². The van der Waals surface area contributed by atoms with Crippen LogP contribution in [0.1, 0.15) is 41.5 Å².